The van der Waals surface area contributed by atoms with Crippen LogP contribution in [0.1, 0.15) is 24.2 Å². The summed E-state index contributed by atoms with van der Waals surface area (Å²) in [6, 6.07) is 9.90. The van der Waals surface area contributed by atoms with Crippen LogP contribution in [0, 0.1) is 5.82 Å². The lowest BCUT2D eigenvalue weighted by Gasteiger charge is -2.13. The fraction of sp³-hybridized carbons (Fsp3) is 0.214. The molecule has 0 spiro atoms. The summed E-state index contributed by atoms with van der Waals surface area (Å²) < 4.78 is 12.8. The zero-order valence-electron chi connectivity index (χ0n) is 10.1. The standard InChI is InChI=1S/C14H15FN2O/c1-10(11-2-4-12(15)5-3-11)16-8-13-6-7-14(18)9-17-13/h2-7,9-10,16,18H,8H2,1H3. The smallest absolute Gasteiger partial charge is 0.133 e. The van der Waals surface area contributed by atoms with E-state index in [1.54, 1.807) is 24.3 Å². The molecule has 1 heterocycles. The van der Waals surface area contributed by atoms with Gasteiger partial charge in [-0.05, 0) is 36.8 Å². The number of benzene rings is 1. The molecule has 0 aliphatic heterocycles. The van der Waals surface area contributed by atoms with Crippen LogP contribution in [-0.4, -0.2) is 10.1 Å². The monoisotopic (exact) mass is 246 g/mol. The van der Waals surface area contributed by atoms with Gasteiger partial charge in [0, 0.05) is 12.6 Å². The summed E-state index contributed by atoms with van der Waals surface area (Å²) in [5.74, 6) is -0.0727. The molecule has 18 heavy (non-hydrogen) atoms. The van der Waals surface area contributed by atoms with Crippen molar-refractivity contribution >= 4 is 0 Å². The van der Waals surface area contributed by atoms with Crippen molar-refractivity contribution in [1.82, 2.24) is 10.3 Å². The Labute approximate surface area is 105 Å². The third-order valence-electron chi connectivity index (χ3n) is 2.77. The highest BCUT2D eigenvalue weighted by molar-refractivity contribution is 5.20. The topological polar surface area (TPSA) is 45.1 Å². The third kappa shape index (κ3) is 3.28. The second-order valence-electron chi connectivity index (χ2n) is 4.16. The van der Waals surface area contributed by atoms with E-state index in [-0.39, 0.29) is 17.6 Å². The van der Waals surface area contributed by atoms with Gasteiger partial charge in [-0.15, -0.1) is 0 Å². The molecule has 0 amide bonds. The number of halogens is 1. The molecule has 1 unspecified atom stereocenters. The van der Waals surface area contributed by atoms with Crippen molar-refractivity contribution in [1.29, 1.82) is 0 Å². The summed E-state index contributed by atoms with van der Waals surface area (Å²) in [5, 5.41) is 12.4. The molecule has 0 bridgehead atoms. The zero-order valence-corrected chi connectivity index (χ0v) is 10.1. The van der Waals surface area contributed by atoms with E-state index in [4.69, 9.17) is 5.11 Å². The van der Waals surface area contributed by atoms with Gasteiger partial charge in [0.15, 0.2) is 0 Å². The average molecular weight is 246 g/mol. The highest BCUT2D eigenvalue weighted by atomic mass is 19.1. The number of hydrogen-bond acceptors (Lipinski definition) is 3. The van der Waals surface area contributed by atoms with Crippen LogP contribution in [0.5, 0.6) is 5.75 Å². The lowest BCUT2D eigenvalue weighted by atomic mass is 10.1. The maximum atomic E-state index is 12.8. The summed E-state index contributed by atoms with van der Waals surface area (Å²) in [5.41, 5.74) is 1.87. The zero-order chi connectivity index (χ0) is 13.0. The van der Waals surface area contributed by atoms with Crippen LogP contribution in [0.15, 0.2) is 42.6 Å². The van der Waals surface area contributed by atoms with Crippen LogP contribution in [-0.2, 0) is 6.54 Å². The second-order valence-corrected chi connectivity index (χ2v) is 4.16. The van der Waals surface area contributed by atoms with E-state index in [1.807, 2.05) is 6.92 Å². The fourth-order valence-electron chi connectivity index (χ4n) is 1.65. The van der Waals surface area contributed by atoms with Crippen LogP contribution in [0.2, 0.25) is 0 Å². The van der Waals surface area contributed by atoms with Gasteiger partial charge in [-0.2, -0.15) is 0 Å². The maximum absolute atomic E-state index is 12.8. The lowest BCUT2D eigenvalue weighted by Crippen LogP contribution is -2.18. The van der Waals surface area contributed by atoms with Crippen molar-refractivity contribution in [2.45, 2.75) is 19.5 Å². The summed E-state index contributed by atoms with van der Waals surface area (Å²) in [7, 11) is 0. The predicted octanol–water partition coefficient (Wildman–Crippen LogP) is 2.78. The van der Waals surface area contributed by atoms with Crippen molar-refractivity contribution in [3.63, 3.8) is 0 Å². The number of aromatic hydroxyl groups is 1. The number of aromatic nitrogens is 1. The molecule has 4 heteroatoms. The van der Waals surface area contributed by atoms with E-state index in [9.17, 15) is 4.39 Å². The second kappa shape index (κ2) is 5.60. The van der Waals surface area contributed by atoms with Gasteiger partial charge < -0.3 is 10.4 Å². The quantitative estimate of drug-likeness (QED) is 0.872. The number of nitrogens with zero attached hydrogens (tertiary/aromatic N) is 1. The van der Waals surface area contributed by atoms with E-state index in [1.165, 1.54) is 18.3 Å². The molecular formula is C14H15FN2O. The van der Waals surface area contributed by atoms with Gasteiger partial charge in [0.05, 0.1) is 11.9 Å². The SMILES string of the molecule is CC(NCc1ccc(O)cn1)c1ccc(F)cc1. The summed E-state index contributed by atoms with van der Waals surface area (Å²) >= 11 is 0. The minimum atomic E-state index is -0.230. The van der Waals surface area contributed by atoms with E-state index >= 15 is 0 Å². The van der Waals surface area contributed by atoms with Gasteiger partial charge in [0.1, 0.15) is 11.6 Å². The molecule has 2 aromatic rings. The lowest BCUT2D eigenvalue weighted by molar-refractivity contribution is 0.471. The van der Waals surface area contributed by atoms with Gasteiger partial charge in [-0.3, -0.25) is 4.98 Å². The molecule has 1 aromatic carbocycles. The third-order valence-corrected chi connectivity index (χ3v) is 2.77. The summed E-state index contributed by atoms with van der Waals surface area (Å²) in [4.78, 5) is 4.09. The molecular weight excluding hydrogens is 231 g/mol. The Kier molecular flexibility index (Phi) is 3.89. The molecule has 2 N–H and O–H groups in total. The molecule has 0 radical (unpaired) electrons. The first-order chi connectivity index (χ1) is 8.65. The molecule has 0 fully saturated rings. The molecule has 0 aliphatic carbocycles. The first kappa shape index (κ1) is 12.5. The van der Waals surface area contributed by atoms with E-state index < -0.39 is 0 Å². The van der Waals surface area contributed by atoms with Crippen LogP contribution in [0.3, 0.4) is 0 Å². The molecule has 0 saturated heterocycles. The predicted molar refractivity (Wildman–Crippen MR) is 67.6 cm³/mol. The van der Waals surface area contributed by atoms with Crippen LogP contribution in [0.4, 0.5) is 4.39 Å². The summed E-state index contributed by atoms with van der Waals surface area (Å²) in [6.45, 7) is 2.60. The van der Waals surface area contributed by atoms with Crippen molar-refractivity contribution in [2.24, 2.45) is 0 Å². The first-order valence-electron chi connectivity index (χ1n) is 5.78. The Morgan fingerprint density at radius 1 is 1.22 bits per heavy atom. The Morgan fingerprint density at radius 2 is 1.94 bits per heavy atom. The Bertz CT molecular complexity index is 496. The van der Waals surface area contributed by atoms with E-state index in [0.29, 0.717) is 6.54 Å². The van der Waals surface area contributed by atoms with Gasteiger partial charge in [-0.25, -0.2) is 4.39 Å². The highest BCUT2D eigenvalue weighted by Crippen LogP contribution is 2.13. The Morgan fingerprint density at radius 3 is 2.56 bits per heavy atom. The molecule has 1 aromatic heterocycles. The summed E-state index contributed by atoms with van der Waals surface area (Å²) in [6.07, 6.45) is 1.42. The van der Waals surface area contributed by atoms with Crippen molar-refractivity contribution in [3.05, 3.63) is 59.7 Å². The van der Waals surface area contributed by atoms with Gasteiger partial charge in [0.2, 0.25) is 0 Å². The van der Waals surface area contributed by atoms with Crippen LogP contribution in [0.25, 0.3) is 0 Å². The molecule has 0 aliphatic rings. The number of rotatable bonds is 4. The number of nitrogens with one attached hydrogen (secondary N) is 1. The Balaban J connectivity index is 1.93. The minimum Gasteiger partial charge on any atom is -0.506 e. The van der Waals surface area contributed by atoms with E-state index in [0.717, 1.165) is 11.3 Å². The molecule has 3 nitrogen and oxygen atoms in total. The Hall–Kier alpha value is -1.94. The largest absolute Gasteiger partial charge is 0.506 e. The van der Waals surface area contributed by atoms with E-state index in [2.05, 4.69) is 10.3 Å². The van der Waals surface area contributed by atoms with Crippen molar-refractivity contribution in [3.8, 4) is 5.75 Å². The first-order valence-corrected chi connectivity index (χ1v) is 5.78. The van der Waals surface area contributed by atoms with Crippen molar-refractivity contribution < 1.29 is 9.50 Å². The van der Waals surface area contributed by atoms with Crippen LogP contribution < -0.4 is 5.32 Å². The normalized spacial score (nSPS) is 12.3. The molecule has 0 saturated carbocycles. The number of pyridine rings is 1. The highest BCUT2D eigenvalue weighted by Gasteiger charge is 2.05. The average Bonchev–Trinajstić information content (AvgIpc) is 2.38. The maximum Gasteiger partial charge on any atom is 0.133 e. The molecule has 2 rings (SSSR count). The molecule has 94 valence electrons. The van der Waals surface area contributed by atoms with Crippen LogP contribution >= 0.6 is 0 Å². The minimum absolute atomic E-state index is 0.112. The number of hydrogen-bond donors (Lipinski definition) is 2. The van der Waals surface area contributed by atoms with Gasteiger partial charge in [0.25, 0.3) is 0 Å². The molecule has 1 atom stereocenters. The van der Waals surface area contributed by atoms with Crippen molar-refractivity contribution in [2.75, 3.05) is 0 Å². The van der Waals surface area contributed by atoms with Gasteiger partial charge >= 0.3 is 0 Å². The van der Waals surface area contributed by atoms with Gasteiger partial charge in [-0.1, -0.05) is 12.1 Å². The fourth-order valence-corrected chi connectivity index (χ4v) is 1.65.